The lowest BCUT2D eigenvalue weighted by Gasteiger charge is -2.34. The van der Waals surface area contributed by atoms with Crippen LogP contribution in [-0.2, 0) is 16.9 Å². The maximum Gasteiger partial charge on any atom is 0.335 e. The minimum absolute atomic E-state index is 0.0636. The van der Waals surface area contributed by atoms with Crippen LogP contribution in [0.25, 0.3) is 21.5 Å². The maximum absolute atomic E-state index is 14.5. The van der Waals surface area contributed by atoms with Crippen molar-refractivity contribution in [2.75, 3.05) is 0 Å². The summed E-state index contributed by atoms with van der Waals surface area (Å²) in [6.07, 6.45) is 1.72. The molecule has 1 aliphatic carbocycles. The first kappa shape index (κ1) is 27.0. The quantitative estimate of drug-likeness (QED) is 0.233. The van der Waals surface area contributed by atoms with Crippen molar-refractivity contribution < 1.29 is 28.7 Å². The predicted octanol–water partition coefficient (Wildman–Crippen LogP) is 7.57. The van der Waals surface area contributed by atoms with Crippen molar-refractivity contribution in [1.29, 1.82) is 0 Å². The van der Waals surface area contributed by atoms with Gasteiger partial charge in [0, 0.05) is 17.0 Å². The Morgan fingerprint density at radius 2 is 1.95 bits per heavy atom. The van der Waals surface area contributed by atoms with E-state index in [1.165, 1.54) is 6.07 Å². The number of carboxylic acid groups (broad SMARTS) is 1. The molecule has 5 rings (SSSR count). The zero-order chi connectivity index (χ0) is 27.2. The maximum atomic E-state index is 14.5. The standard InChI is InChI=1S/C27H25Cl2FN2O5S/c1-13(2)24-16(22(32-37-24)21-17(28)4-3-5-18(21)29)12-36-15-6-8-27(35,9-7-15)26-31-23-19(30)10-14(25(33)34)11-20(23)38-26/h3-5,10-11,13,15,35H,6-9,12H2,1-2H3,(H,33,34). The second-order valence-corrected chi connectivity index (χ2v) is 11.6. The van der Waals surface area contributed by atoms with Gasteiger partial charge >= 0.3 is 5.97 Å². The third kappa shape index (κ3) is 5.05. The normalized spacial score (nSPS) is 19.9. The highest BCUT2D eigenvalue weighted by molar-refractivity contribution is 7.18. The molecule has 4 aromatic rings. The average Bonchev–Trinajstić information content (AvgIpc) is 3.49. The van der Waals surface area contributed by atoms with E-state index in [0.29, 0.717) is 62.5 Å². The van der Waals surface area contributed by atoms with Crippen LogP contribution in [0.4, 0.5) is 4.39 Å². The molecule has 0 amide bonds. The number of aromatic nitrogens is 2. The van der Waals surface area contributed by atoms with E-state index in [2.05, 4.69) is 10.1 Å². The molecule has 2 aromatic carbocycles. The third-order valence-corrected chi connectivity index (χ3v) is 8.68. The number of hydrogen-bond acceptors (Lipinski definition) is 7. The highest BCUT2D eigenvalue weighted by Gasteiger charge is 2.38. The summed E-state index contributed by atoms with van der Waals surface area (Å²) in [5.74, 6) is -1.17. The SMILES string of the molecule is CC(C)c1onc(-c2c(Cl)cccc2Cl)c1COC1CCC(O)(c2nc3c(F)cc(C(=O)O)cc3s2)CC1. The first-order valence-corrected chi connectivity index (χ1v) is 13.8. The molecule has 0 radical (unpaired) electrons. The second kappa shape index (κ2) is 10.5. The summed E-state index contributed by atoms with van der Waals surface area (Å²) >= 11 is 14.0. The number of carboxylic acids is 1. The molecule has 0 aliphatic heterocycles. The second-order valence-electron chi connectivity index (χ2n) is 9.80. The van der Waals surface area contributed by atoms with Crippen molar-refractivity contribution in [3.63, 3.8) is 0 Å². The molecule has 38 heavy (non-hydrogen) atoms. The van der Waals surface area contributed by atoms with Gasteiger partial charge in [0.05, 0.1) is 33.0 Å². The Morgan fingerprint density at radius 1 is 1.26 bits per heavy atom. The number of aliphatic hydroxyl groups is 1. The summed E-state index contributed by atoms with van der Waals surface area (Å²) in [4.78, 5) is 15.6. The Bertz CT molecular complexity index is 1490. The smallest absolute Gasteiger partial charge is 0.335 e. The van der Waals surface area contributed by atoms with Gasteiger partial charge in [0.1, 0.15) is 27.6 Å². The first-order chi connectivity index (χ1) is 18.1. The molecule has 1 aliphatic rings. The fourth-order valence-corrected chi connectivity index (χ4v) is 6.54. The van der Waals surface area contributed by atoms with Crippen molar-refractivity contribution >= 4 is 50.7 Å². The van der Waals surface area contributed by atoms with Gasteiger partial charge in [-0.3, -0.25) is 0 Å². The van der Waals surface area contributed by atoms with Crippen LogP contribution in [0.3, 0.4) is 0 Å². The molecule has 0 spiro atoms. The van der Waals surface area contributed by atoms with Gasteiger partial charge in [-0.05, 0) is 49.9 Å². The molecule has 2 N–H and O–H groups in total. The molecule has 1 fully saturated rings. The van der Waals surface area contributed by atoms with E-state index in [1.54, 1.807) is 18.2 Å². The van der Waals surface area contributed by atoms with Crippen LogP contribution in [0.1, 0.15) is 72.1 Å². The summed E-state index contributed by atoms with van der Waals surface area (Å²) < 4.78 is 26.8. The molecule has 7 nitrogen and oxygen atoms in total. The molecule has 2 aromatic heterocycles. The summed E-state index contributed by atoms with van der Waals surface area (Å²) in [6.45, 7) is 4.24. The van der Waals surface area contributed by atoms with Crippen LogP contribution in [0, 0.1) is 5.82 Å². The minimum atomic E-state index is -1.24. The molecule has 2 heterocycles. The zero-order valence-corrected chi connectivity index (χ0v) is 23.0. The zero-order valence-electron chi connectivity index (χ0n) is 20.6. The highest BCUT2D eigenvalue weighted by Crippen LogP contribution is 2.43. The Hall–Kier alpha value is -2.56. The number of hydrogen-bond donors (Lipinski definition) is 2. The third-order valence-electron chi connectivity index (χ3n) is 6.86. The average molecular weight is 579 g/mol. The van der Waals surface area contributed by atoms with E-state index in [-0.39, 0.29) is 29.7 Å². The van der Waals surface area contributed by atoms with E-state index in [0.717, 1.165) is 23.0 Å². The van der Waals surface area contributed by atoms with E-state index >= 15 is 0 Å². The van der Waals surface area contributed by atoms with Crippen LogP contribution in [0.2, 0.25) is 10.0 Å². The van der Waals surface area contributed by atoms with Crippen molar-refractivity contribution in [3.8, 4) is 11.3 Å². The summed E-state index contributed by atoms with van der Waals surface area (Å²) in [5, 5.41) is 26.1. The summed E-state index contributed by atoms with van der Waals surface area (Å²) in [7, 11) is 0. The van der Waals surface area contributed by atoms with Crippen molar-refractivity contribution in [3.05, 3.63) is 68.1 Å². The molecular formula is C27H25Cl2FN2O5S. The Balaban J connectivity index is 1.32. The van der Waals surface area contributed by atoms with E-state index < -0.39 is 17.4 Å². The lowest BCUT2D eigenvalue weighted by Crippen LogP contribution is -2.34. The summed E-state index contributed by atoms with van der Waals surface area (Å²) in [6, 6.07) is 7.59. The lowest BCUT2D eigenvalue weighted by molar-refractivity contribution is -0.0641. The number of nitrogens with zero attached hydrogens (tertiary/aromatic N) is 2. The van der Waals surface area contributed by atoms with Gasteiger partial charge in [0.2, 0.25) is 0 Å². The lowest BCUT2D eigenvalue weighted by atomic mass is 9.83. The highest BCUT2D eigenvalue weighted by atomic mass is 35.5. The molecule has 200 valence electrons. The van der Waals surface area contributed by atoms with Gasteiger partial charge in [-0.15, -0.1) is 11.3 Å². The van der Waals surface area contributed by atoms with Crippen molar-refractivity contribution in [2.24, 2.45) is 0 Å². The van der Waals surface area contributed by atoms with Gasteiger partial charge < -0.3 is 19.5 Å². The number of ether oxygens (including phenoxy) is 1. The number of aromatic carboxylic acids is 1. The van der Waals surface area contributed by atoms with Crippen LogP contribution in [-0.4, -0.2) is 32.4 Å². The largest absolute Gasteiger partial charge is 0.478 e. The monoisotopic (exact) mass is 578 g/mol. The molecule has 0 bridgehead atoms. The Kier molecular flexibility index (Phi) is 7.50. The fourth-order valence-electron chi connectivity index (χ4n) is 4.80. The van der Waals surface area contributed by atoms with Gasteiger partial charge in [0.15, 0.2) is 5.82 Å². The van der Waals surface area contributed by atoms with Gasteiger partial charge in [-0.25, -0.2) is 14.2 Å². The fraction of sp³-hybridized carbons (Fsp3) is 0.370. The molecule has 11 heteroatoms. The number of carbonyl (C=O) groups is 1. The van der Waals surface area contributed by atoms with Gasteiger partial charge in [-0.2, -0.15) is 0 Å². The molecule has 1 saturated carbocycles. The van der Waals surface area contributed by atoms with Crippen molar-refractivity contribution in [1.82, 2.24) is 10.1 Å². The number of halogens is 3. The molecule has 0 unspecified atom stereocenters. The minimum Gasteiger partial charge on any atom is -0.478 e. The number of benzene rings is 2. The van der Waals surface area contributed by atoms with Crippen molar-refractivity contribution in [2.45, 2.75) is 63.8 Å². The first-order valence-electron chi connectivity index (χ1n) is 12.2. The van der Waals surface area contributed by atoms with E-state index in [4.69, 9.17) is 32.5 Å². The summed E-state index contributed by atoms with van der Waals surface area (Å²) in [5.41, 5.74) is 0.607. The number of thiazole rings is 1. The Labute approximate surface area is 232 Å². The molecule has 0 atom stereocenters. The topological polar surface area (TPSA) is 106 Å². The van der Waals surface area contributed by atoms with Crippen LogP contribution < -0.4 is 0 Å². The van der Waals surface area contributed by atoms with E-state index in [9.17, 15) is 19.4 Å². The van der Waals surface area contributed by atoms with Gasteiger partial charge in [-0.1, -0.05) is 48.3 Å². The van der Waals surface area contributed by atoms with Gasteiger partial charge in [0.25, 0.3) is 0 Å². The number of rotatable bonds is 7. The molecule has 0 saturated heterocycles. The van der Waals surface area contributed by atoms with Crippen LogP contribution in [0.15, 0.2) is 34.9 Å². The van der Waals surface area contributed by atoms with Crippen LogP contribution in [0.5, 0.6) is 0 Å². The van der Waals surface area contributed by atoms with E-state index in [1.807, 2.05) is 13.8 Å². The van der Waals surface area contributed by atoms with Crippen LogP contribution >= 0.6 is 34.5 Å². The predicted molar refractivity (Wildman–Crippen MR) is 144 cm³/mol. The number of fused-ring (bicyclic) bond motifs is 1. The molecular weight excluding hydrogens is 554 g/mol. The Morgan fingerprint density at radius 3 is 2.58 bits per heavy atom.